The Labute approximate surface area is 92.4 Å². The van der Waals surface area contributed by atoms with Crippen molar-refractivity contribution < 1.29 is 8.42 Å². The summed E-state index contributed by atoms with van der Waals surface area (Å²) >= 11 is 1.14. The summed E-state index contributed by atoms with van der Waals surface area (Å²) in [4.78, 5) is 6.07. The summed E-state index contributed by atoms with van der Waals surface area (Å²) in [5.74, 6) is 0. The Morgan fingerprint density at radius 3 is 2.60 bits per heavy atom. The highest BCUT2D eigenvalue weighted by Gasteiger charge is 2.19. The van der Waals surface area contributed by atoms with Crippen LogP contribution in [-0.2, 0) is 9.84 Å². The lowest BCUT2D eigenvalue weighted by molar-refractivity contribution is 0.584. The van der Waals surface area contributed by atoms with Gasteiger partial charge in [0.15, 0.2) is 0 Å². The number of nitrogens with zero attached hydrogens (tertiary/aromatic N) is 3. The third kappa shape index (κ3) is 2.44. The normalized spacial score (nSPS) is 18.1. The lowest BCUT2D eigenvalue weighted by Crippen LogP contribution is -2.43. The number of hydrogen-bond acceptors (Lipinski definition) is 7. The number of anilines is 1. The maximum absolute atomic E-state index is 11.2. The molecule has 0 radical (unpaired) electrons. The molecule has 1 aromatic heterocycles. The summed E-state index contributed by atoms with van der Waals surface area (Å²) in [5, 5.41) is 3.84. The van der Waals surface area contributed by atoms with Crippen LogP contribution in [0.3, 0.4) is 0 Å². The van der Waals surface area contributed by atoms with Crippen molar-refractivity contribution in [1.29, 1.82) is 0 Å². The molecular weight excluding hydrogens is 236 g/mol. The molecule has 8 heteroatoms. The Hall–Kier alpha value is -0.730. The maximum Gasteiger partial charge on any atom is 0.260 e. The largest absolute Gasteiger partial charge is 0.344 e. The predicted octanol–water partition coefficient (Wildman–Crippen LogP) is -0.649. The third-order valence-electron chi connectivity index (χ3n) is 2.12. The van der Waals surface area contributed by atoms with E-state index in [-0.39, 0.29) is 5.16 Å². The van der Waals surface area contributed by atoms with Crippen molar-refractivity contribution in [3.8, 4) is 0 Å². The summed E-state index contributed by atoms with van der Waals surface area (Å²) < 4.78 is 26.2. The van der Waals surface area contributed by atoms with Crippen molar-refractivity contribution >= 4 is 26.5 Å². The van der Waals surface area contributed by atoms with Gasteiger partial charge in [-0.3, -0.25) is 0 Å². The highest BCUT2D eigenvalue weighted by atomic mass is 32.2. The molecule has 0 unspecified atom stereocenters. The maximum atomic E-state index is 11.2. The highest BCUT2D eigenvalue weighted by molar-refractivity contribution is 7.90. The molecule has 0 aliphatic carbocycles. The van der Waals surface area contributed by atoms with Gasteiger partial charge in [-0.1, -0.05) is 0 Å². The molecule has 0 bridgehead atoms. The van der Waals surface area contributed by atoms with E-state index in [0.29, 0.717) is 5.13 Å². The first kappa shape index (κ1) is 10.8. The van der Waals surface area contributed by atoms with Gasteiger partial charge >= 0.3 is 0 Å². The van der Waals surface area contributed by atoms with Crippen molar-refractivity contribution in [2.45, 2.75) is 5.16 Å². The Kier molecular flexibility index (Phi) is 2.89. The summed E-state index contributed by atoms with van der Waals surface area (Å²) in [6.07, 6.45) is 1.12. The standard InChI is InChI=1S/C7H12N4O2S2/c1-15(12,13)6-9-7(14-10-6)11-4-2-8-3-5-11/h8H,2-5H2,1H3. The first-order chi connectivity index (χ1) is 7.07. The zero-order valence-electron chi connectivity index (χ0n) is 8.30. The first-order valence-corrected chi connectivity index (χ1v) is 7.23. The number of aromatic nitrogens is 2. The Bertz CT molecular complexity index is 436. The molecule has 6 nitrogen and oxygen atoms in total. The molecule has 15 heavy (non-hydrogen) atoms. The molecule has 2 heterocycles. The second kappa shape index (κ2) is 4.03. The van der Waals surface area contributed by atoms with Crippen LogP contribution in [0.15, 0.2) is 5.16 Å². The van der Waals surface area contributed by atoms with Gasteiger partial charge in [-0.25, -0.2) is 8.42 Å². The van der Waals surface area contributed by atoms with Crippen LogP contribution < -0.4 is 10.2 Å². The summed E-state index contributed by atoms with van der Waals surface area (Å²) in [6.45, 7) is 3.48. The van der Waals surface area contributed by atoms with E-state index in [2.05, 4.69) is 14.7 Å². The van der Waals surface area contributed by atoms with Crippen LogP contribution >= 0.6 is 11.5 Å². The van der Waals surface area contributed by atoms with Crippen LogP contribution in [0.5, 0.6) is 0 Å². The quantitative estimate of drug-likeness (QED) is 0.750. The molecule has 0 spiro atoms. The fraction of sp³-hybridized carbons (Fsp3) is 0.714. The molecule has 0 saturated carbocycles. The minimum Gasteiger partial charge on any atom is -0.344 e. The van der Waals surface area contributed by atoms with Crippen LogP contribution in [0.4, 0.5) is 5.13 Å². The van der Waals surface area contributed by atoms with E-state index in [9.17, 15) is 8.42 Å². The minimum atomic E-state index is -3.27. The average Bonchev–Trinajstić information content (AvgIpc) is 2.67. The topological polar surface area (TPSA) is 75.2 Å². The van der Waals surface area contributed by atoms with Gasteiger partial charge in [0.05, 0.1) is 0 Å². The molecule has 1 fully saturated rings. The Balaban J connectivity index is 2.19. The van der Waals surface area contributed by atoms with Gasteiger partial charge < -0.3 is 10.2 Å². The van der Waals surface area contributed by atoms with Crippen LogP contribution in [0, 0.1) is 0 Å². The molecule has 0 aromatic carbocycles. The van der Waals surface area contributed by atoms with Gasteiger partial charge in [0.2, 0.25) is 15.0 Å². The second-order valence-electron chi connectivity index (χ2n) is 3.37. The predicted molar refractivity (Wildman–Crippen MR) is 58.1 cm³/mol. The van der Waals surface area contributed by atoms with Crippen molar-refractivity contribution in [2.75, 3.05) is 37.3 Å². The van der Waals surface area contributed by atoms with E-state index < -0.39 is 9.84 Å². The summed E-state index contributed by atoms with van der Waals surface area (Å²) in [5.41, 5.74) is 0. The SMILES string of the molecule is CS(=O)(=O)c1nsc(N2CCNCC2)n1. The number of rotatable bonds is 2. The number of piperazine rings is 1. The van der Waals surface area contributed by atoms with E-state index >= 15 is 0 Å². The second-order valence-corrected chi connectivity index (χ2v) is 6.01. The molecule has 1 aliphatic heterocycles. The van der Waals surface area contributed by atoms with Crippen LogP contribution in [-0.4, -0.2) is 50.2 Å². The zero-order valence-corrected chi connectivity index (χ0v) is 9.94. The number of sulfone groups is 1. The molecule has 1 N–H and O–H groups in total. The lowest BCUT2D eigenvalue weighted by atomic mass is 10.4. The molecule has 2 rings (SSSR count). The highest BCUT2D eigenvalue weighted by Crippen LogP contribution is 2.19. The number of hydrogen-bond donors (Lipinski definition) is 1. The molecule has 1 aliphatic rings. The van der Waals surface area contributed by atoms with Gasteiger partial charge in [-0.2, -0.15) is 9.36 Å². The minimum absolute atomic E-state index is 0.0685. The molecule has 0 atom stereocenters. The average molecular weight is 248 g/mol. The van der Waals surface area contributed by atoms with Gasteiger partial charge in [0, 0.05) is 44.0 Å². The van der Waals surface area contributed by atoms with Gasteiger partial charge in [0.25, 0.3) is 5.16 Å². The zero-order chi connectivity index (χ0) is 10.9. The van der Waals surface area contributed by atoms with Gasteiger partial charge in [0.1, 0.15) is 0 Å². The first-order valence-electron chi connectivity index (χ1n) is 4.57. The fourth-order valence-electron chi connectivity index (χ4n) is 1.34. The van der Waals surface area contributed by atoms with Crippen molar-refractivity contribution in [2.24, 2.45) is 0 Å². The van der Waals surface area contributed by atoms with Crippen molar-refractivity contribution in [3.05, 3.63) is 0 Å². The van der Waals surface area contributed by atoms with Crippen LogP contribution in [0.1, 0.15) is 0 Å². The van der Waals surface area contributed by atoms with E-state index in [4.69, 9.17) is 0 Å². The molecule has 84 valence electrons. The van der Waals surface area contributed by atoms with Gasteiger partial charge in [-0.15, -0.1) is 0 Å². The van der Waals surface area contributed by atoms with E-state index in [1.807, 2.05) is 4.90 Å². The third-order valence-corrected chi connectivity index (χ3v) is 3.85. The summed E-state index contributed by atoms with van der Waals surface area (Å²) in [7, 11) is -3.27. The Morgan fingerprint density at radius 1 is 1.40 bits per heavy atom. The lowest BCUT2D eigenvalue weighted by Gasteiger charge is -2.26. The van der Waals surface area contributed by atoms with Crippen molar-refractivity contribution in [3.63, 3.8) is 0 Å². The molecule has 0 amide bonds. The van der Waals surface area contributed by atoms with Crippen LogP contribution in [0.2, 0.25) is 0 Å². The Morgan fingerprint density at radius 2 is 2.07 bits per heavy atom. The molecule has 1 aromatic rings. The monoisotopic (exact) mass is 248 g/mol. The fourth-order valence-corrected chi connectivity index (χ4v) is 2.93. The van der Waals surface area contributed by atoms with Gasteiger partial charge in [-0.05, 0) is 0 Å². The van der Waals surface area contributed by atoms with E-state index in [1.165, 1.54) is 0 Å². The van der Waals surface area contributed by atoms with Crippen molar-refractivity contribution in [1.82, 2.24) is 14.7 Å². The summed E-state index contributed by atoms with van der Waals surface area (Å²) in [6, 6.07) is 0. The van der Waals surface area contributed by atoms with E-state index in [0.717, 1.165) is 44.0 Å². The van der Waals surface area contributed by atoms with E-state index in [1.54, 1.807) is 0 Å². The smallest absolute Gasteiger partial charge is 0.260 e. The van der Waals surface area contributed by atoms with Crippen LogP contribution in [0.25, 0.3) is 0 Å². The molecular formula is C7H12N4O2S2. The molecule has 1 saturated heterocycles. The number of nitrogens with one attached hydrogen (secondary N) is 1.